The van der Waals surface area contributed by atoms with E-state index in [9.17, 15) is 0 Å². The van der Waals surface area contributed by atoms with Crippen molar-refractivity contribution in [1.29, 1.82) is 0 Å². The summed E-state index contributed by atoms with van der Waals surface area (Å²) in [5, 5.41) is 10.3. The second kappa shape index (κ2) is 8.49. The molecule has 0 aliphatic carbocycles. The monoisotopic (exact) mass is 404 g/mol. The highest BCUT2D eigenvalue weighted by Crippen LogP contribution is 2.23. The molecule has 0 radical (unpaired) electrons. The van der Waals surface area contributed by atoms with Gasteiger partial charge in [-0.15, -0.1) is 0 Å². The molecule has 0 amide bonds. The van der Waals surface area contributed by atoms with E-state index in [2.05, 4.69) is 77.4 Å². The summed E-state index contributed by atoms with van der Waals surface area (Å²) in [5.74, 6) is 0.950. The van der Waals surface area contributed by atoms with Crippen LogP contribution in [-0.4, -0.2) is 59.2 Å². The van der Waals surface area contributed by atoms with Gasteiger partial charge in [-0.1, -0.05) is 28.1 Å². The zero-order chi connectivity index (χ0) is 17.6. The standard InChI is InChI=1S/C18H25BrN6/c1-14(15-3-5-16(19)6-4-15)24-9-11-25(12-10-24)18(20-2)21-13-17-7-8-22-23-17/h3-8,14H,9-13H2,1-2H3,(H,20,21)(H,22,23). The predicted molar refractivity (Wildman–Crippen MR) is 104 cm³/mol. The molecule has 1 aliphatic rings. The molecule has 1 aliphatic heterocycles. The van der Waals surface area contributed by atoms with Gasteiger partial charge in [-0.05, 0) is 30.7 Å². The van der Waals surface area contributed by atoms with Crippen molar-refractivity contribution in [3.63, 3.8) is 0 Å². The Kier molecular flexibility index (Phi) is 6.09. The summed E-state index contributed by atoms with van der Waals surface area (Å²) < 4.78 is 1.13. The average Bonchev–Trinajstić information content (AvgIpc) is 3.16. The number of hydrogen-bond donors (Lipinski definition) is 2. The van der Waals surface area contributed by atoms with Crippen molar-refractivity contribution >= 4 is 21.9 Å². The van der Waals surface area contributed by atoms with E-state index >= 15 is 0 Å². The van der Waals surface area contributed by atoms with Crippen molar-refractivity contribution in [3.05, 3.63) is 52.3 Å². The number of piperazine rings is 1. The molecular weight excluding hydrogens is 380 g/mol. The molecule has 7 heteroatoms. The van der Waals surface area contributed by atoms with Gasteiger partial charge >= 0.3 is 0 Å². The second-order valence-electron chi connectivity index (χ2n) is 6.23. The van der Waals surface area contributed by atoms with Crippen LogP contribution in [0.4, 0.5) is 0 Å². The third kappa shape index (κ3) is 4.61. The summed E-state index contributed by atoms with van der Waals surface area (Å²) >= 11 is 3.50. The van der Waals surface area contributed by atoms with Crippen LogP contribution in [0.2, 0.25) is 0 Å². The van der Waals surface area contributed by atoms with Crippen LogP contribution in [0.15, 0.2) is 46.0 Å². The summed E-state index contributed by atoms with van der Waals surface area (Å²) in [7, 11) is 1.84. The predicted octanol–water partition coefficient (Wildman–Crippen LogP) is 2.63. The largest absolute Gasteiger partial charge is 0.351 e. The Morgan fingerprint density at radius 2 is 1.96 bits per heavy atom. The van der Waals surface area contributed by atoms with Crippen LogP contribution in [-0.2, 0) is 6.54 Å². The van der Waals surface area contributed by atoms with Gasteiger partial charge in [0.05, 0.1) is 12.2 Å². The van der Waals surface area contributed by atoms with E-state index in [0.717, 1.165) is 42.3 Å². The maximum Gasteiger partial charge on any atom is 0.194 e. The number of aromatic nitrogens is 2. The molecule has 2 aromatic rings. The van der Waals surface area contributed by atoms with Gasteiger partial charge < -0.3 is 10.2 Å². The summed E-state index contributed by atoms with van der Waals surface area (Å²) in [6.07, 6.45) is 1.77. The maximum atomic E-state index is 4.42. The van der Waals surface area contributed by atoms with Crippen molar-refractivity contribution < 1.29 is 0 Å². The third-order valence-corrected chi connectivity index (χ3v) is 5.25. The van der Waals surface area contributed by atoms with E-state index in [4.69, 9.17) is 0 Å². The molecule has 3 rings (SSSR count). The fourth-order valence-electron chi connectivity index (χ4n) is 3.16. The van der Waals surface area contributed by atoms with Gasteiger partial charge in [0.2, 0.25) is 0 Å². The molecule has 1 aromatic heterocycles. The normalized spacial score (nSPS) is 17.6. The lowest BCUT2D eigenvalue weighted by atomic mass is 10.1. The first kappa shape index (κ1) is 17.9. The first-order chi connectivity index (χ1) is 12.2. The quantitative estimate of drug-likeness (QED) is 0.607. The van der Waals surface area contributed by atoms with E-state index in [1.54, 1.807) is 6.20 Å². The van der Waals surface area contributed by atoms with Crippen molar-refractivity contribution in [2.45, 2.75) is 19.5 Å². The topological polar surface area (TPSA) is 59.6 Å². The fourth-order valence-corrected chi connectivity index (χ4v) is 3.43. The Balaban J connectivity index is 1.52. The van der Waals surface area contributed by atoms with E-state index in [1.165, 1.54) is 5.56 Å². The molecule has 1 saturated heterocycles. The summed E-state index contributed by atoms with van der Waals surface area (Å²) in [4.78, 5) is 9.27. The molecule has 0 spiro atoms. The van der Waals surface area contributed by atoms with Crippen LogP contribution in [0.25, 0.3) is 0 Å². The van der Waals surface area contributed by atoms with Crippen molar-refractivity contribution in [3.8, 4) is 0 Å². The number of halogens is 1. The van der Waals surface area contributed by atoms with E-state index in [-0.39, 0.29) is 0 Å². The molecule has 25 heavy (non-hydrogen) atoms. The number of rotatable bonds is 4. The number of aromatic amines is 1. The first-order valence-corrected chi connectivity index (χ1v) is 9.40. The molecule has 0 bridgehead atoms. The van der Waals surface area contributed by atoms with E-state index < -0.39 is 0 Å². The van der Waals surface area contributed by atoms with Gasteiger partial charge in [-0.2, -0.15) is 5.10 Å². The molecule has 1 aromatic carbocycles. The van der Waals surface area contributed by atoms with Gasteiger partial charge in [-0.25, -0.2) is 0 Å². The van der Waals surface area contributed by atoms with Crippen LogP contribution < -0.4 is 5.32 Å². The van der Waals surface area contributed by atoms with Gasteiger partial charge in [0.15, 0.2) is 5.96 Å². The number of aliphatic imine (C=N–C) groups is 1. The van der Waals surface area contributed by atoms with Gasteiger partial charge in [0.25, 0.3) is 0 Å². The number of nitrogens with zero attached hydrogens (tertiary/aromatic N) is 4. The number of guanidine groups is 1. The fraction of sp³-hybridized carbons (Fsp3) is 0.444. The van der Waals surface area contributed by atoms with Crippen LogP contribution >= 0.6 is 15.9 Å². The highest BCUT2D eigenvalue weighted by molar-refractivity contribution is 9.10. The SMILES string of the molecule is CN=C(NCc1ccn[nH]1)N1CCN(C(C)c2ccc(Br)cc2)CC1. The molecule has 134 valence electrons. The average molecular weight is 405 g/mol. The van der Waals surface area contributed by atoms with Crippen molar-refractivity contribution in [2.24, 2.45) is 4.99 Å². The Bertz CT molecular complexity index is 674. The zero-order valence-electron chi connectivity index (χ0n) is 14.7. The molecular formula is C18H25BrN6. The molecule has 6 nitrogen and oxygen atoms in total. The highest BCUT2D eigenvalue weighted by Gasteiger charge is 2.23. The van der Waals surface area contributed by atoms with Gasteiger partial charge in [0.1, 0.15) is 0 Å². The molecule has 2 heterocycles. The highest BCUT2D eigenvalue weighted by atomic mass is 79.9. The number of nitrogens with one attached hydrogen (secondary N) is 2. The summed E-state index contributed by atoms with van der Waals surface area (Å²) in [6.45, 7) is 7.00. The molecule has 1 fully saturated rings. The van der Waals surface area contributed by atoms with E-state index in [0.29, 0.717) is 12.6 Å². The Morgan fingerprint density at radius 3 is 2.56 bits per heavy atom. The molecule has 1 unspecified atom stereocenters. The minimum absolute atomic E-state index is 0.426. The third-order valence-electron chi connectivity index (χ3n) is 4.72. The zero-order valence-corrected chi connectivity index (χ0v) is 16.3. The molecule has 2 N–H and O–H groups in total. The smallest absolute Gasteiger partial charge is 0.194 e. The molecule has 0 saturated carbocycles. The van der Waals surface area contributed by atoms with Crippen LogP contribution in [0.3, 0.4) is 0 Å². The second-order valence-corrected chi connectivity index (χ2v) is 7.15. The Morgan fingerprint density at radius 1 is 1.24 bits per heavy atom. The van der Waals surface area contributed by atoms with Crippen LogP contribution in [0.1, 0.15) is 24.2 Å². The van der Waals surface area contributed by atoms with Gasteiger partial charge in [0, 0.05) is 49.9 Å². The Hall–Kier alpha value is -1.86. The minimum Gasteiger partial charge on any atom is -0.351 e. The van der Waals surface area contributed by atoms with E-state index in [1.807, 2.05) is 13.1 Å². The van der Waals surface area contributed by atoms with Crippen molar-refractivity contribution in [2.75, 3.05) is 33.2 Å². The van der Waals surface area contributed by atoms with Crippen LogP contribution in [0.5, 0.6) is 0 Å². The minimum atomic E-state index is 0.426. The lowest BCUT2D eigenvalue weighted by Crippen LogP contribution is -2.52. The lowest BCUT2D eigenvalue weighted by Gasteiger charge is -2.39. The maximum absolute atomic E-state index is 4.42. The summed E-state index contributed by atoms with van der Waals surface area (Å²) in [6, 6.07) is 11.0. The molecule has 1 atom stereocenters. The number of benzene rings is 1. The lowest BCUT2D eigenvalue weighted by molar-refractivity contribution is 0.138. The number of H-pyrrole nitrogens is 1. The summed E-state index contributed by atoms with van der Waals surface area (Å²) in [5.41, 5.74) is 2.42. The number of hydrogen-bond acceptors (Lipinski definition) is 3. The van der Waals surface area contributed by atoms with Crippen molar-refractivity contribution in [1.82, 2.24) is 25.3 Å². The Labute approximate surface area is 157 Å². The van der Waals surface area contributed by atoms with Gasteiger partial charge in [-0.3, -0.25) is 15.0 Å². The van der Waals surface area contributed by atoms with Crippen LogP contribution in [0, 0.1) is 0 Å². The first-order valence-electron chi connectivity index (χ1n) is 8.60.